The third kappa shape index (κ3) is 4.76. The molecule has 0 unspecified atom stereocenters. The summed E-state index contributed by atoms with van der Waals surface area (Å²) in [6.07, 6.45) is 5.40. The van der Waals surface area contributed by atoms with E-state index in [4.69, 9.17) is 4.74 Å². The molecule has 9 heteroatoms. The highest BCUT2D eigenvalue weighted by Gasteiger charge is 2.15. The number of aromatic nitrogens is 4. The van der Waals surface area contributed by atoms with Crippen molar-refractivity contribution in [2.75, 3.05) is 0 Å². The summed E-state index contributed by atoms with van der Waals surface area (Å²) in [5, 5.41) is 7.72. The number of amides is 1. The zero-order valence-corrected chi connectivity index (χ0v) is 19.5. The van der Waals surface area contributed by atoms with E-state index < -0.39 is 17.8 Å². The molecule has 3 aromatic heterocycles. The first kappa shape index (κ1) is 23.1. The van der Waals surface area contributed by atoms with E-state index in [0.29, 0.717) is 22.6 Å². The molecule has 0 saturated carbocycles. The number of nitrogens with zero attached hydrogens (tertiary/aromatic N) is 4. The van der Waals surface area contributed by atoms with Gasteiger partial charge in [0.25, 0.3) is 5.91 Å². The van der Waals surface area contributed by atoms with Crippen LogP contribution in [0.4, 0.5) is 8.78 Å². The maximum atomic E-state index is 13.3. The van der Waals surface area contributed by atoms with Crippen LogP contribution in [-0.4, -0.2) is 25.7 Å². The molecule has 1 amide bonds. The van der Waals surface area contributed by atoms with Gasteiger partial charge in [-0.3, -0.25) is 14.5 Å². The molecule has 0 aliphatic heterocycles. The molecule has 0 radical (unpaired) electrons. The van der Waals surface area contributed by atoms with Crippen LogP contribution >= 0.6 is 0 Å². The van der Waals surface area contributed by atoms with Gasteiger partial charge in [0.1, 0.15) is 11.5 Å². The van der Waals surface area contributed by atoms with E-state index in [0.717, 1.165) is 34.2 Å². The van der Waals surface area contributed by atoms with Crippen molar-refractivity contribution >= 4 is 16.8 Å². The van der Waals surface area contributed by atoms with E-state index >= 15 is 0 Å². The van der Waals surface area contributed by atoms with E-state index in [1.165, 1.54) is 0 Å². The molecule has 0 aliphatic rings. The Bertz CT molecular complexity index is 1580. The minimum atomic E-state index is -0.942. The van der Waals surface area contributed by atoms with Gasteiger partial charge in [0.05, 0.1) is 11.7 Å². The molecule has 5 aromatic rings. The summed E-state index contributed by atoms with van der Waals surface area (Å²) in [4.78, 5) is 20.4. The second kappa shape index (κ2) is 9.53. The molecule has 7 nitrogen and oxygen atoms in total. The fourth-order valence-corrected chi connectivity index (χ4v) is 3.94. The van der Waals surface area contributed by atoms with Crippen molar-refractivity contribution in [3.63, 3.8) is 0 Å². The SMILES string of the molecule is Cc1c(Oc2ccnc3cc(-c4cnn(C)c4)ccc23)cccc1C(=O)NCc1cc(F)nc(F)c1. The molecule has 180 valence electrons. The Morgan fingerprint density at radius 3 is 2.58 bits per heavy atom. The van der Waals surface area contributed by atoms with Gasteiger partial charge in [0, 0.05) is 48.1 Å². The summed E-state index contributed by atoms with van der Waals surface area (Å²) in [7, 11) is 1.87. The van der Waals surface area contributed by atoms with Crippen LogP contribution in [0.2, 0.25) is 0 Å². The molecule has 0 atom stereocenters. The lowest BCUT2D eigenvalue weighted by Crippen LogP contribution is -2.24. The highest BCUT2D eigenvalue weighted by atomic mass is 19.1. The van der Waals surface area contributed by atoms with Crippen LogP contribution in [-0.2, 0) is 13.6 Å². The lowest BCUT2D eigenvalue weighted by Gasteiger charge is -2.14. The first-order valence-electron chi connectivity index (χ1n) is 11.1. The number of pyridine rings is 2. The summed E-state index contributed by atoms with van der Waals surface area (Å²) < 4.78 is 34.6. The molecule has 36 heavy (non-hydrogen) atoms. The summed E-state index contributed by atoms with van der Waals surface area (Å²) in [6.45, 7) is 1.73. The van der Waals surface area contributed by atoms with Gasteiger partial charge < -0.3 is 10.1 Å². The number of aryl methyl sites for hydroxylation is 1. The van der Waals surface area contributed by atoms with Crippen molar-refractivity contribution in [1.29, 1.82) is 0 Å². The minimum absolute atomic E-state index is 0.0476. The zero-order valence-electron chi connectivity index (χ0n) is 19.5. The highest BCUT2D eigenvalue weighted by Crippen LogP contribution is 2.33. The molecular weight excluding hydrogens is 464 g/mol. The minimum Gasteiger partial charge on any atom is -0.456 e. The monoisotopic (exact) mass is 485 g/mol. The third-order valence-electron chi connectivity index (χ3n) is 5.77. The number of rotatable bonds is 6. The van der Waals surface area contributed by atoms with Crippen molar-refractivity contribution in [2.45, 2.75) is 13.5 Å². The van der Waals surface area contributed by atoms with Gasteiger partial charge in [-0.1, -0.05) is 12.1 Å². The van der Waals surface area contributed by atoms with Gasteiger partial charge >= 0.3 is 0 Å². The molecular formula is C27H21F2N5O2. The number of fused-ring (bicyclic) bond motifs is 1. The highest BCUT2D eigenvalue weighted by molar-refractivity contribution is 5.96. The predicted octanol–water partition coefficient (Wildman–Crippen LogP) is 5.34. The van der Waals surface area contributed by atoms with Crippen molar-refractivity contribution in [1.82, 2.24) is 25.1 Å². The number of hydrogen-bond acceptors (Lipinski definition) is 5. The van der Waals surface area contributed by atoms with Gasteiger partial charge in [-0.05, 0) is 60.5 Å². The number of benzene rings is 2. The van der Waals surface area contributed by atoms with Crippen molar-refractivity contribution in [2.24, 2.45) is 7.05 Å². The van der Waals surface area contributed by atoms with Gasteiger partial charge in [-0.2, -0.15) is 18.9 Å². The van der Waals surface area contributed by atoms with E-state index in [-0.39, 0.29) is 12.1 Å². The Labute approximate surface area is 205 Å². The van der Waals surface area contributed by atoms with Gasteiger partial charge in [-0.25, -0.2) is 0 Å². The largest absolute Gasteiger partial charge is 0.456 e. The van der Waals surface area contributed by atoms with Crippen LogP contribution in [0, 0.1) is 18.8 Å². The number of ether oxygens (including phenoxy) is 1. The normalized spacial score (nSPS) is 11.0. The van der Waals surface area contributed by atoms with Crippen LogP contribution in [0.25, 0.3) is 22.0 Å². The Kier molecular flexibility index (Phi) is 6.12. The fraction of sp³-hybridized carbons (Fsp3) is 0.111. The zero-order chi connectivity index (χ0) is 25.2. The molecule has 1 N–H and O–H groups in total. The molecule has 0 fully saturated rings. The lowest BCUT2D eigenvalue weighted by atomic mass is 10.1. The topological polar surface area (TPSA) is 81.9 Å². The standard InChI is InChI=1S/C27H21F2N5O2/c1-16-20(27(35)31-13-17-10-25(28)33-26(29)11-17)4-3-5-23(16)36-24-8-9-30-22-12-18(6-7-21(22)24)19-14-32-34(2)15-19/h3-12,14-15H,13H2,1-2H3,(H,31,35). The number of halogens is 2. The maximum Gasteiger partial charge on any atom is 0.251 e. The van der Waals surface area contributed by atoms with E-state index in [2.05, 4.69) is 20.4 Å². The Morgan fingerprint density at radius 2 is 1.83 bits per heavy atom. The second-order valence-electron chi connectivity index (χ2n) is 8.28. The quantitative estimate of drug-likeness (QED) is 0.329. The van der Waals surface area contributed by atoms with Crippen LogP contribution in [0.3, 0.4) is 0 Å². The van der Waals surface area contributed by atoms with Gasteiger partial charge in [0.2, 0.25) is 11.9 Å². The number of nitrogens with one attached hydrogen (secondary N) is 1. The molecule has 3 heterocycles. The molecule has 0 spiro atoms. The van der Waals surface area contributed by atoms with Crippen LogP contribution in [0.5, 0.6) is 11.5 Å². The van der Waals surface area contributed by atoms with Crippen molar-refractivity contribution < 1.29 is 18.3 Å². The summed E-state index contributed by atoms with van der Waals surface area (Å²) >= 11 is 0. The second-order valence-corrected chi connectivity index (χ2v) is 8.28. The van der Waals surface area contributed by atoms with E-state index in [9.17, 15) is 13.6 Å². The average Bonchev–Trinajstić information content (AvgIpc) is 3.29. The van der Waals surface area contributed by atoms with E-state index in [1.54, 1.807) is 48.3 Å². The third-order valence-corrected chi connectivity index (χ3v) is 5.77. The van der Waals surface area contributed by atoms with Crippen LogP contribution in [0.15, 0.2) is 73.2 Å². The first-order valence-corrected chi connectivity index (χ1v) is 11.1. The fourth-order valence-electron chi connectivity index (χ4n) is 3.94. The smallest absolute Gasteiger partial charge is 0.251 e. The van der Waals surface area contributed by atoms with Crippen molar-refractivity contribution in [3.8, 4) is 22.6 Å². The van der Waals surface area contributed by atoms with Crippen LogP contribution < -0.4 is 10.1 Å². The average molecular weight is 485 g/mol. The predicted molar refractivity (Wildman–Crippen MR) is 131 cm³/mol. The van der Waals surface area contributed by atoms with Gasteiger partial charge in [0.15, 0.2) is 0 Å². The van der Waals surface area contributed by atoms with Gasteiger partial charge in [-0.15, -0.1) is 0 Å². The lowest BCUT2D eigenvalue weighted by molar-refractivity contribution is 0.0949. The maximum absolute atomic E-state index is 13.3. The van der Waals surface area contributed by atoms with Crippen molar-refractivity contribution in [3.05, 3.63) is 102 Å². The summed E-state index contributed by atoms with van der Waals surface area (Å²) in [5.41, 5.74) is 4.02. The summed E-state index contributed by atoms with van der Waals surface area (Å²) in [6, 6.07) is 15.0. The number of carbonyl (C=O) groups is 1. The Hall–Kier alpha value is -4.66. The van der Waals surface area contributed by atoms with Crippen LogP contribution in [0.1, 0.15) is 21.5 Å². The van der Waals surface area contributed by atoms with E-state index in [1.807, 2.05) is 31.4 Å². The molecule has 0 bridgehead atoms. The first-order chi connectivity index (χ1) is 17.4. The molecule has 0 saturated heterocycles. The Balaban J connectivity index is 1.38. The number of carbonyl (C=O) groups excluding carboxylic acids is 1. The molecule has 5 rings (SSSR count). The molecule has 2 aromatic carbocycles. The molecule has 0 aliphatic carbocycles. The number of hydrogen-bond donors (Lipinski definition) is 1. The summed E-state index contributed by atoms with van der Waals surface area (Å²) in [5.74, 6) is -1.17. The Morgan fingerprint density at radius 1 is 1.03 bits per heavy atom.